The molecule has 0 fully saturated rings. The Balaban J connectivity index is 2.55. The Hall–Kier alpha value is -1.53. The summed E-state index contributed by atoms with van der Waals surface area (Å²) in [5, 5.41) is 3.21. The summed E-state index contributed by atoms with van der Waals surface area (Å²) in [7, 11) is 1.45. The first-order chi connectivity index (χ1) is 7.67. The third-order valence-corrected chi connectivity index (χ3v) is 2.29. The van der Waals surface area contributed by atoms with Gasteiger partial charge in [0.25, 0.3) is 0 Å². The fraction of sp³-hybridized carbons (Fsp3) is 0.385. The summed E-state index contributed by atoms with van der Waals surface area (Å²) in [6, 6.07) is 5.15. The number of benzene rings is 1. The lowest BCUT2D eigenvalue weighted by Gasteiger charge is -2.11. The molecule has 3 heteroatoms. The van der Waals surface area contributed by atoms with Crippen LogP contribution < -0.4 is 10.1 Å². The standard InChI is InChI=1S/C13H16FNO/c1-4-5-10(2)15-9-11-6-7-13(16-3)12(14)8-11/h1,6-8,10,15H,5,9H2,2-3H3. The second kappa shape index (κ2) is 6.14. The van der Waals surface area contributed by atoms with Gasteiger partial charge in [0.05, 0.1) is 7.11 Å². The topological polar surface area (TPSA) is 21.3 Å². The zero-order valence-electron chi connectivity index (χ0n) is 9.59. The van der Waals surface area contributed by atoms with Crippen molar-refractivity contribution in [1.82, 2.24) is 5.32 Å². The van der Waals surface area contributed by atoms with Crippen LogP contribution in [0, 0.1) is 18.2 Å². The van der Waals surface area contributed by atoms with E-state index >= 15 is 0 Å². The van der Waals surface area contributed by atoms with Crippen molar-refractivity contribution in [3.05, 3.63) is 29.6 Å². The molecule has 0 aliphatic carbocycles. The predicted molar refractivity (Wildman–Crippen MR) is 62.7 cm³/mol. The van der Waals surface area contributed by atoms with Crippen LogP contribution in [0.25, 0.3) is 0 Å². The maximum absolute atomic E-state index is 13.3. The van der Waals surface area contributed by atoms with Gasteiger partial charge in [0.2, 0.25) is 0 Å². The molecule has 0 radical (unpaired) electrons. The molecule has 86 valence electrons. The van der Waals surface area contributed by atoms with Crippen LogP contribution in [-0.4, -0.2) is 13.2 Å². The highest BCUT2D eigenvalue weighted by molar-refractivity contribution is 5.29. The minimum absolute atomic E-state index is 0.232. The van der Waals surface area contributed by atoms with E-state index in [0.29, 0.717) is 13.0 Å². The fourth-order valence-electron chi connectivity index (χ4n) is 1.36. The Kier molecular flexibility index (Phi) is 4.81. The molecule has 1 aromatic rings. The maximum atomic E-state index is 13.3. The SMILES string of the molecule is C#CCC(C)NCc1ccc(OC)c(F)c1. The van der Waals surface area contributed by atoms with E-state index < -0.39 is 0 Å². The molecule has 0 aliphatic rings. The molecule has 0 heterocycles. The van der Waals surface area contributed by atoms with Gasteiger partial charge in [-0.05, 0) is 24.6 Å². The number of hydrogen-bond acceptors (Lipinski definition) is 2. The van der Waals surface area contributed by atoms with Crippen LogP contribution in [0.5, 0.6) is 5.75 Å². The average Bonchev–Trinajstić information content (AvgIpc) is 2.27. The molecule has 0 spiro atoms. The van der Waals surface area contributed by atoms with Gasteiger partial charge in [0.1, 0.15) is 0 Å². The van der Waals surface area contributed by atoms with E-state index in [1.807, 2.05) is 13.0 Å². The first-order valence-corrected chi connectivity index (χ1v) is 5.16. The lowest BCUT2D eigenvalue weighted by atomic mass is 10.2. The van der Waals surface area contributed by atoms with E-state index in [9.17, 15) is 4.39 Å². The molecule has 2 nitrogen and oxygen atoms in total. The molecule has 1 aromatic carbocycles. The molecule has 0 amide bonds. The Labute approximate surface area is 95.8 Å². The lowest BCUT2D eigenvalue weighted by Crippen LogP contribution is -2.24. The third-order valence-electron chi connectivity index (χ3n) is 2.29. The van der Waals surface area contributed by atoms with Crippen LogP contribution in [0.3, 0.4) is 0 Å². The zero-order valence-corrected chi connectivity index (χ0v) is 9.59. The van der Waals surface area contributed by atoms with Gasteiger partial charge in [-0.25, -0.2) is 4.39 Å². The summed E-state index contributed by atoms with van der Waals surface area (Å²) in [6.45, 7) is 2.60. The quantitative estimate of drug-likeness (QED) is 0.770. The van der Waals surface area contributed by atoms with Crippen LogP contribution in [0.4, 0.5) is 4.39 Å². The second-order valence-corrected chi connectivity index (χ2v) is 3.66. The summed E-state index contributed by atoms with van der Waals surface area (Å²) in [6.07, 6.45) is 5.86. The first kappa shape index (κ1) is 12.5. The van der Waals surface area contributed by atoms with E-state index in [2.05, 4.69) is 11.2 Å². The van der Waals surface area contributed by atoms with Crippen LogP contribution >= 0.6 is 0 Å². The van der Waals surface area contributed by atoms with Crippen LogP contribution in [0.1, 0.15) is 18.9 Å². The predicted octanol–water partition coefficient (Wildman–Crippen LogP) is 2.34. The van der Waals surface area contributed by atoms with Crippen molar-refractivity contribution >= 4 is 0 Å². The third kappa shape index (κ3) is 3.56. The highest BCUT2D eigenvalue weighted by atomic mass is 19.1. The van der Waals surface area contributed by atoms with Crippen LogP contribution in [-0.2, 0) is 6.54 Å². The summed E-state index contributed by atoms with van der Waals surface area (Å²) in [5.41, 5.74) is 0.877. The van der Waals surface area contributed by atoms with Gasteiger partial charge in [-0.2, -0.15) is 0 Å². The van der Waals surface area contributed by atoms with Gasteiger partial charge in [-0.3, -0.25) is 0 Å². The van der Waals surface area contributed by atoms with E-state index in [0.717, 1.165) is 5.56 Å². The molecule has 1 N–H and O–H groups in total. The van der Waals surface area contributed by atoms with E-state index in [4.69, 9.17) is 11.2 Å². The van der Waals surface area contributed by atoms with Crippen molar-refractivity contribution in [3.8, 4) is 18.1 Å². The Morgan fingerprint density at radius 1 is 1.56 bits per heavy atom. The van der Waals surface area contributed by atoms with Crippen LogP contribution in [0.15, 0.2) is 18.2 Å². The van der Waals surface area contributed by atoms with E-state index in [1.165, 1.54) is 13.2 Å². The minimum Gasteiger partial charge on any atom is -0.494 e. The molecule has 1 unspecified atom stereocenters. The van der Waals surface area contributed by atoms with Crippen molar-refractivity contribution in [2.45, 2.75) is 25.9 Å². The minimum atomic E-state index is -0.341. The first-order valence-electron chi connectivity index (χ1n) is 5.16. The van der Waals surface area contributed by atoms with Gasteiger partial charge in [0, 0.05) is 19.0 Å². The van der Waals surface area contributed by atoms with Gasteiger partial charge < -0.3 is 10.1 Å². The molecule has 0 aromatic heterocycles. The average molecular weight is 221 g/mol. The van der Waals surface area contributed by atoms with Gasteiger partial charge in [-0.15, -0.1) is 12.3 Å². The van der Waals surface area contributed by atoms with E-state index in [1.54, 1.807) is 6.07 Å². The normalized spacial score (nSPS) is 11.9. The molecule has 0 bridgehead atoms. The van der Waals surface area contributed by atoms with Crippen molar-refractivity contribution in [2.24, 2.45) is 0 Å². The number of halogens is 1. The van der Waals surface area contributed by atoms with Gasteiger partial charge >= 0.3 is 0 Å². The summed E-state index contributed by atoms with van der Waals surface area (Å²) in [4.78, 5) is 0. The van der Waals surface area contributed by atoms with Crippen molar-refractivity contribution < 1.29 is 9.13 Å². The second-order valence-electron chi connectivity index (χ2n) is 3.66. The fourth-order valence-corrected chi connectivity index (χ4v) is 1.36. The zero-order chi connectivity index (χ0) is 12.0. The number of hydrogen-bond donors (Lipinski definition) is 1. The molecule has 0 saturated carbocycles. The number of methoxy groups -OCH3 is 1. The molecule has 0 aliphatic heterocycles. The molecular weight excluding hydrogens is 205 g/mol. The van der Waals surface area contributed by atoms with Crippen LogP contribution in [0.2, 0.25) is 0 Å². The summed E-state index contributed by atoms with van der Waals surface area (Å²) >= 11 is 0. The maximum Gasteiger partial charge on any atom is 0.165 e. The number of nitrogens with one attached hydrogen (secondary N) is 1. The Morgan fingerprint density at radius 3 is 2.88 bits per heavy atom. The largest absolute Gasteiger partial charge is 0.494 e. The highest BCUT2D eigenvalue weighted by Crippen LogP contribution is 2.17. The summed E-state index contributed by atoms with van der Waals surface area (Å²) < 4.78 is 18.2. The van der Waals surface area contributed by atoms with Crippen molar-refractivity contribution in [3.63, 3.8) is 0 Å². The molecule has 1 rings (SSSR count). The molecule has 0 saturated heterocycles. The van der Waals surface area contributed by atoms with Crippen molar-refractivity contribution in [1.29, 1.82) is 0 Å². The van der Waals surface area contributed by atoms with Gasteiger partial charge in [0.15, 0.2) is 11.6 Å². The number of rotatable bonds is 5. The number of ether oxygens (including phenoxy) is 1. The Bertz CT molecular complexity index is 384. The monoisotopic (exact) mass is 221 g/mol. The lowest BCUT2D eigenvalue weighted by molar-refractivity contribution is 0.386. The van der Waals surface area contributed by atoms with Crippen molar-refractivity contribution in [2.75, 3.05) is 7.11 Å². The molecular formula is C13H16FNO. The highest BCUT2D eigenvalue weighted by Gasteiger charge is 2.04. The Morgan fingerprint density at radius 2 is 2.31 bits per heavy atom. The van der Waals surface area contributed by atoms with Gasteiger partial charge in [-0.1, -0.05) is 6.07 Å². The molecule has 16 heavy (non-hydrogen) atoms. The number of terminal acetylenes is 1. The molecule has 1 atom stereocenters. The smallest absolute Gasteiger partial charge is 0.165 e. The summed E-state index contributed by atoms with van der Waals surface area (Å²) in [5.74, 6) is 2.50. The van der Waals surface area contributed by atoms with E-state index in [-0.39, 0.29) is 17.6 Å².